The highest BCUT2D eigenvalue weighted by molar-refractivity contribution is 6.16. The zero-order chi connectivity index (χ0) is 31.2. The Morgan fingerprint density at radius 1 is 0.500 bits per heavy atom. The molecule has 0 spiro atoms. The first-order chi connectivity index (χ1) is 19.3. The Morgan fingerprint density at radius 2 is 0.881 bits per heavy atom. The van der Waals surface area contributed by atoms with E-state index in [4.69, 9.17) is 0 Å². The molecule has 0 unspecified atom stereocenters. The molecule has 2 aliphatic heterocycles. The van der Waals surface area contributed by atoms with Gasteiger partial charge in [0.1, 0.15) is 11.2 Å². The molecular formula is C26H8F10O6. The second-order valence-electron chi connectivity index (χ2n) is 9.00. The smallest absolute Gasteiger partial charge is 0.386 e. The minimum Gasteiger partial charge on any atom is -0.386 e. The molecule has 6 nitrogen and oxygen atoms in total. The highest BCUT2D eigenvalue weighted by atomic mass is 19.4. The van der Waals surface area contributed by atoms with Crippen molar-refractivity contribution in [1.82, 2.24) is 0 Å². The summed E-state index contributed by atoms with van der Waals surface area (Å²) < 4.78 is 153. The number of fused-ring (bicyclic) bond motifs is 2. The largest absolute Gasteiger partial charge is 0.417 e. The lowest BCUT2D eigenvalue weighted by Gasteiger charge is -2.38. The van der Waals surface area contributed by atoms with E-state index in [-0.39, 0.29) is 24.3 Å². The molecule has 2 aliphatic rings. The molecule has 0 aliphatic carbocycles. The Kier molecular flexibility index (Phi) is 6.07. The van der Waals surface area contributed by atoms with Crippen LogP contribution >= 0.6 is 0 Å². The third kappa shape index (κ3) is 4.11. The fraction of sp³-hybridized carbons (Fsp3) is 0.154. The number of carbonyl (C=O) groups is 4. The van der Waals surface area contributed by atoms with Gasteiger partial charge in [0.05, 0.1) is 33.4 Å². The summed E-state index contributed by atoms with van der Waals surface area (Å²) in [6.07, 6.45) is -17.1. The number of carbonyl (C=O) groups excluding carboxylic acids is 4. The van der Waals surface area contributed by atoms with Crippen molar-refractivity contribution in [2.75, 3.05) is 0 Å². The number of hydrogen-bond acceptors (Lipinski definition) is 6. The van der Waals surface area contributed by atoms with Gasteiger partial charge < -0.3 is 9.47 Å². The van der Waals surface area contributed by atoms with E-state index in [1.54, 1.807) is 0 Å². The summed E-state index contributed by atoms with van der Waals surface area (Å²) in [4.78, 5) is 48.5. The van der Waals surface area contributed by atoms with Gasteiger partial charge in [-0.2, -0.15) is 39.5 Å². The third-order valence-electron chi connectivity index (χ3n) is 6.67. The fourth-order valence-electron chi connectivity index (χ4n) is 5.00. The molecule has 0 saturated carbocycles. The molecule has 16 heteroatoms. The molecule has 0 N–H and O–H groups in total. The maximum Gasteiger partial charge on any atom is 0.417 e. The van der Waals surface area contributed by atoms with Crippen LogP contribution in [0, 0.1) is 5.82 Å². The van der Waals surface area contributed by atoms with E-state index in [2.05, 4.69) is 9.47 Å². The highest BCUT2D eigenvalue weighted by Crippen LogP contribution is 2.54. The Hall–Kier alpha value is -4.76. The molecule has 3 aromatic rings. The van der Waals surface area contributed by atoms with Gasteiger partial charge >= 0.3 is 42.4 Å². The van der Waals surface area contributed by atoms with Crippen molar-refractivity contribution in [3.8, 4) is 0 Å². The number of cyclic esters (lactones) is 4. The molecule has 0 amide bonds. The number of esters is 4. The number of benzene rings is 3. The van der Waals surface area contributed by atoms with Gasteiger partial charge in [0.2, 0.25) is 0 Å². The molecule has 0 fully saturated rings. The summed E-state index contributed by atoms with van der Waals surface area (Å²) in [6, 6.07) is 1.63. The van der Waals surface area contributed by atoms with Crippen molar-refractivity contribution < 1.29 is 72.6 Å². The molecule has 3 aromatic carbocycles. The topological polar surface area (TPSA) is 86.7 Å². The SMILES string of the molecule is O=C1OC(=O)c2c1cc(C(c1ccc(F)cc1)(c1cc3c(c(C(F)(F)F)c1)C(=O)OC3=O)C(F)(F)F)cc2C(F)(F)F. The number of hydrogen-bond donors (Lipinski definition) is 0. The van der Waals surface area contributed by atoms with Crippen LogP contribution in [0.1, 0.15) is 69.2 Å². The Morgan fingerprint density at radius 3 is 1.21 bits per heavy atom. The van der Waals surface area contributed by atoms with Crippen molar-refractivity contribution in [1.29, 1.82) is 0 Å². The fourth-order valence-corrected chi connectivity index (χ4v) is 5.00. The lowest BCUT2D eigenvalue weighted by molar-refractivity contribution is -0.167. The van der Waals surface area contributed by atoms with Gasteiger partial charge in [-0.05, 0) is 53.1 Å². The maximum atomic E-state index is 15.4. The van der Waals surface area contributed by atoms with Crippen LogP contribution in [0.5, 0.6) is 0 Å². The average molecular weight is 606 g/mol. The summed E-state index contributed by atoms with van der Waals surface area (Å²) in [5.41, 5.74) is -18.0. The monoisotopic (exact) mass is 606 g/mol. The minimum absolute atomic E-state index is 0.179. The van der Waals surface area contributed by atoms with Gasteiger partial charge in [0.15, 0.2) is 0 Å². The van der Waals surface area contributed by atoms with E-state index in [1.807, 2.05) is 0 Å². The second-order valence-corrected chi connectivity index (χ2v) is 9.00. The second kappa shape index (κ2) is 8.87. The average Bonchev–Trinajstić information content (AvgIpc) is 3.31. The highest BCUT2D eigenvalue weighted by Gasteiger charge is 2.61. The maximum absolute atomic E-state index is 15.4. The van der Waals surface area contributed by atoms with E-state index in [0.29, 0.717) is 24.3 Å². The van der Waals surface area contributed by atoms with Crippen LogP contribution in [0.2, 0.25) is 0 Å². The summed E-state index contributed by atoms with van der Waals surface area (Å²) in [5.74, 6) is -8.39. The number of halogens is 10. The number of ether oxygens (including phenoxy) is 2. The van der Waals surface area contributed by atoms with Crippen molar-refractivity contribution in [3.05, 3.63) is 104 Å². The molecule has 5 rings (SSSR count). The van der Waals surface area contributed by atoms with Crippen LogP contribution in [-0.2, 0) is 27.2 Å². The van der Waals surface area contributed by atoms with Gasteiger partial charge in [0.25, 0.3) is 0 Å². The first-order valence-corrected chi connectivity index (χ1v) is 11.2. The first kappa shape index (κ1) is 28.8. The number of rotatable bonds is 3. The van der Waals surface area contributed by atoms with Gasteiger partial charge in [-0.25, -0.2) is 23.6 Å². The van der Waals surface area contributed by atoms with Crippen LogP contribution < -0.4 is 0 Å². The minimum atomic E-state index is -5.90. The first-order valence-electron chi connectivity index (χ1n) is 11.2. The predicted octanol–water partition coefficient (Wildman–Crippen LogP) is 6.38. The van der Waals surface area contributed by atoms with Crippen molar-refractivity contribution in [2.45, 2.75) is 23.9 Å². The summed E-state index contributed by atoms with van der Waals surface area (Å²) >= 11 is 0. The van der Waals surface area contributed by atoms with E-state index in [9.17, 15) is 49.9 Å². The summed E-state index contributed by atoms with van der Waals surface area (Å²) in [6.45, 7) is 0. The molecule has 0 bridgehead atoms. The molecular weight excluding hydrogens is 598 g/mol. The quantitative estimate of drug-likeness (QED) is 0.149. The van der Waals surface area contributed by atoms with Crippen molar-refractivity contribution in [3.63, 3.8) is 0 Å². The van der Waals surface area contributed by atoms with Crippen molar-refractivity contribution in [2.24, 2.45) is 0 Å². The Balaban J connectivity index is 2.02. The molecule has 42 heavy (non-hydrogen) atoms. The molecule has 0 atom stereocenters. The number of alkyl halides is 9. The van der Waals surface area contributed by atoms with Crippen LogP contribution in [0.4, 0.5) is 43.9 Å². The zero-order valence-corrected chi connectivity index (χ0v) is 19.8. The standard InChI is InChI=1S/C26H8F10O6/c27-12-3-1-9(2-4-12)23(26(34,35)36,10-5-13-17(21(39)41-19(13)37)15(7-10)24(28,29)30)11-6-14-18(22(40)42-20(14)38)16(8-11)25(31,32)33/h1-8H. The molecule has 0 saturated heterocycles. The third-order valence-corrected chi connectivity index (χ3v) is 6.67. The predicted molar refractivity (Wildman–Crippen MR) is 115 cm³/mol. The van der Waals surface area contributed by atoms with Crippen LogP contribution in [-0.4, -0.2) is 30.1 Å². The van der Waals surface area contributed by atoms with Gasteiger partial charge in [0, 0.05) is 0 Å². The summed E-state index contributed by atoms with van der Waals surface area (Å²) in [5, 5.41) is 0. The molecule has 218 valence electrons. The van der Waals surface area contributed by atoms with Crippen LogP contribution in [0.15, 0.2) is 48.5 Å². The molecule has 0 radical (unpaired) electrons. The van der Waals surface area contributed by atoms with E-state index in [1.165, 1.54) is 0 Å². The van der Waals surface area contributed by atoms with E-state index < -0.39 is 104 Å². The lowest BCUT2D eigenvalue weighted by atomic mass is 9.67. The van der Waals surface area contributed by atoms with Gasteiger partial charge in [-0.1, -0.05) is 12.1 Å². The van der Waals surface area contributed by atoms with E-state index in [0.717, 1.165) is 0 Å². The van der Waals surface area contributed by atoms with E-state index >= 15 is 13.2 Å². The normalized spacial score (nSPS) is 15.5. The molecule has 2 heterocycles. The zero-order valence-electron chi connectivity index (χ0n) is 19.8. The van der Waals surface area contributed by atoms with Crippen molar-refractivity contribution >= 4 is 23.9 Å². The van der Waals surface area contributed by atoms with Crippen LogP contribution in [0.3, 0.4) is 0 Å². The summed E-state index contributed by atoms with van der Waals surface area (Å²) in [7, 11) is 0. The van der Waals surface area contributed by atoms with Gasteiger partial charge in [-0.15, -0.1) is 0 Å². The Bertz CT molecular complexity index is 1620. The van der Waals surface area contributed by atoms with Crippen LogP contribution in [0.25, 0.3) is 0 Å². The van der Waals surface area contributed by atoms with Gasteiger partial charge in [-0.3, -0.25) is 0 Å². The lowest BCUT2D eigenvalue weighted by Crippen LogP contribution is -2.45. The molecule has 0 aromatic heterocycles. The Labute approximate surface area is 225 Å².